The van der Waals surface area contributed by atoms with E-state index < -0.39 is 0 Å². The summed E-state index contributed by atoms with van der Waals surface area (Å²) >= 11 is 0. The first-order valence-corrected chi connectivity index (χ1v) is 8.61. The third-order valence-corrected chi connectivity index (χ3v) is 4.01. The Kier molecular flexibility index (Phi) is 6.36. The van der Waals surface area contributed by atoms with Crippen LogP contribution in [0.3, 0.4) is 0 Å². The highest BCUT2D eigenvalue weighted by molar-refractivity contribution is 5.92. The Bertz CT molecular complexity index is 678. The summed E-state index contributed by atoms with van der Waals surface area (Å²) in [4.78, 5) is 16.3. The number of anilines is 2. The van der Waals surface area contributed by atoms with E-state index in [4.69, 9.17) is 0 Å². The van der Waals surface area contributed by atoms with Gasteiger partial charge in [0.05, 0.1) is 11.9 Å². The fraction of sp³-hybridized carbons (Fsp3) is 0.400. The van der Waals surface area contributed by atoms with Crippen molar-refractivity contribution in [2.75, 3.05) is 11.9 Å². The Balaban J connectivity index is 2.04. The zero-order valence-corrected chi connectivity index (χ0v) is 15.0. The predicted molar refractivity (Wildman–Crippen MR) is 99.9 cm³/mol. The second kappa shape index (κ2) is 8.48. The highest BCUT2D eigenvalue weighted by Gasteiger charge is 2.08. The number of carbonyl (C=O) groups is 1. The zero-order valence-electron chi connectivity index (χ0n) is 15.0. The first-order valence-electron chi connectivity index (χ1n) is 8.61. The molecular weight excluding hydrogens is 298 g/mol. The van der Waals surface area contributed by atoms with E-state index in [1.807, 2.05) is 6.07 Å². The van der Waals surface area contributed by atoms with Crippen LogP contribution in [0.2, 0.25) is 0 Å². The molecule has 2 rings (SSSR count). The lowest BCUT2D eigenvalue weighted by atomic mass is 10.1. The molecule has 1 heterocycles. The number of nitrogens with zero attached hydrogens (tertiary/aromatic N) is 1. The molecule has 2 aromatic rings. The lowest BCUT2D eigenvalue weighted by Gasteiger charge is -2.14. The van der Waals surface area contributed by atoms with E-state index in [1.165, 1.54) is 11.1 Å². The quantitative estimate of drug-likeness (QED) is 0.789. The zero-order chi connectivity index (χ0) is 17.5. The first-order chi connectivity index (χ1) is 11.5. The molecule has 0 spiro atoms. The number of para-hydroxylation sites is 1. The summed E-state index contributed by atoms with van der Waals surface area (Å²) < 4.78 is 0. The van der Waals surface area contributed by atoms with E-state index in [9.17, 15) is 4.79 Å². The van der Waals surface area contributed by atoms with Gasteiger partial charge in [-0.15, -0.1) is 0 Å². The van der Waals surface area contributed by atoms with Gasteiger partial charge in [0.15, 0.2) is 0 Å². The van der Waals surface area contributed by atoms with Crippen molar-refractivity contribution >= 4 is 17.3 Å². The molecule has 1 aromatic carbocycles. The fourth-order valence-electron chi connectivity index (χ4n) is 2.51. The van der Waals surface area contributed by atoms with Crippen molar-refractivity contribution < 1.29 is 4.79 Å². The molecule has 0 saturated heterocycles. The molecule has 128 valence electrons. The smallest absolute Gasteiger partial charge is 0.269 e. The maximum absolute atomic E-state index is 12.1. The van der Waals surface area contributed by atoms with Crippen LogP contribution in [0.4, 0.5) is 11.4 Å². The molecule has 0 unspecified atom stereocenters. The van der Waals surface area contributed by atoms with Gasteiger partial charge >= 0.3 is 0 Å². The van der Waals surface area contributed by atoms with Gasteiger partial charge in [0.25, 0.3) is 5.91 Å². The minimum Gasteiger partial charge on any atom is -0.354 e. The Hall–Kier alpha value is -2.36. The molecule has 0 atom stereocenters. The van der Waals surface area contributed by atoms with Crippen molar-refractivity contribution in [3.05, 3.63) is 53.3 Å². The number of amides is 1. The van der Waals surface area contributed by atoms with Crippen LogP contribution < -0.4 is 10.6 Å². The lowest BCUT2D eigenvalue weighted by Crippen LogP contribution is -2.26. The third kappa shape index (κ3) is 4.82. The maximum atomic E-state index is 12.1. The minimum atomic E-state index is -0.118. The van der Waals surface area contributed by atoms with Crippen molar-refractivity contribution in [2.24, 2.45) is 5.92 Å². The summed E-state index contributed by atoms with van der Waals surface area (Å²) in [6.45, 7) is 9.19. The van der Waals surface area contributed by atoms with Gasteiger partial charge in [-0.3, -0.25) is 4.79 Å². The van der Waals surface area contributed by atoms with Gasteiger partial charge in [-0.1, -0.05) is 39.0 Å². The number of nitrogens with one attached hydrogen (secondary N) is 2. The predicted octanol–water partition coefficient (Wildman–Crippen LogP) is 4.47. The van der Waals surface area contributed by atoms with E-state index in [1.54, 1.807) is 12.3 Å². The average Bonchev–Trinajstić information content (AvgIpc) is 2.57. The van der Waals surface area contributed by atoms with Gasteiger partial charge in [-0.05, 0) is 48.9 Å². The molecule has 0 fully saturated rings. The van der Waals surface area contributed by atoms with E-state index in [0.717, 1.165) is 24.2 Å². The van der Waals surface area contributed by atoms with Gasteiger partial charge in [0.1, 0.15) is 5.69 Å². The number of aryl methyl sites for hydroxylation is 2. The second-order valence-corrected chi connectivity index (χ2v) is 6.46. The number of rotatable bonds is 7. The molecule has 4 heteroatoms. The molecule has 0 aliphatic carbocycles. The first kappa shape index (κ1) is 18.0. The number of carbonyl (C=O) groups excluding carboxylic acids is 1. The Morgan fingerprint density at radius 1 is 1.21 bits per heavy atom. The molecule has 4 nitrogen and oxygen atoms in total. The molecule has 0 aliphatic rings. The number of pyridine rings is 1. The monoisotopic (exact) mass is 325 g/mol. The van der Waals surface area contributed by atoms with Crippen LogP contribution in [0.5, 0.6) is 0 Å². The Labute approximate surface area is 144 Å². The molecular formula is C20H27N3O. The molecule has 0 radical (unpaired) electrons. The molecule has 2 N–H and O–H groups in total. The van der Waals surface area contributed by atoms with Crippen LogP contribution in [0.1, 0.15) is 48.8 Å². The third-order valence-electron chi connectivity index (χ3n) is 4.01. The van der Waals surface area contributed by atoms with Crippen LogP contribution in [-0.4, -0.2) is 17.4 Å². The highest BCUT2D eigenvalue weighted by atomic mass is 16.1. The molecule has 1 amide bonds. The average molecular weight is 325 g/mol. The van der Waals surface area contributed by atoms with Crippen LogP contribution in [0.15, 0.2) is 36.5 Å². The number of hydrogen-bond acceptors (Lipinski definition) is 3. The van der Waals surface area contributed by atoms with Gasteiger partial charge in [0, 0.05) is 12.2 Å². The van der Waals surface area contributed by atoms with E-state index in [-0.39, 0.29) is 5.91 Å². The largest absolute Gasteiger partial charge is 0.354 e. The van der Waals surface area contributed by atoms with E-state index >= 15 is 0 Å². The normalized spacial score (nSPS) is 10.7. The molecule has 1 aromatic heterocycles. The van der Waals surface area contributed by atoms with Crippen LogP contribution in [-0.2, 0) is 6.42 Å². The second-order valence-electron chi connectivity index (χ2n) is 6.46. The summed E-state index contributed by atoms with van der Waals surface area (Å²) in [5.74, 6) is 0.457. The Morgan fingerprint density at radius 3 is 2.62 bits per heavy atom. The Morgan fingerprint density at radius 2 is 2.00 bits per heavy atom. The van der Waals surface area contributed by atoms with Gasteiger partial charge in [-0.2, -0.15) is 0 Å². The van der Waals surface area contributed by atoms with E-state index in [0.29, 0.717) is 18.2 Å². The summed E-state index contributed by atoms with van der Waals surface area (Å²) in [7, 11) is 0. The maximum Gasteiger partial charge on any atom is 0.269 e. The van der Waals surface area contributed by atoms with Crippen molar-refractivity contribution in [2.45, 2.75) is 40.5 Å². The van der Waals surface area contributed by atoms with Crippen molar-refractivity contribution in [1.82, 2.24) is 10.3 Å². The molecule has 24 heavy (non-hydrogen) atoms. The summed E-state index contributed by atoms with van der Waals surface area (Å²) in [6, 6.07) is 9.94. The van der Waals surface area contributed by atoms with Gasteiger partial charge < -0.3 is 10.6 Å². The van der Waals surface area contributed by atoms with Crippen molar-refractivity contribution in [3.63, 3.8) is 0 Å². The number of benzene rings is 1. The lowest BCUT2D eigenvalue weighted by molar-refractivity contribution is 0.0947. The fourth-order valence-corrected chi connectivity index (χ4v) is 2.51. The molecule has 0 bridgehead atoms. The summed E-state index contributed by atoms with van der Waals surface area (Å²) in [5, 5.41) is 6.33. The number of hydrogen-bond donors (Lipinski definition) is 2. The van der Waals surface area contributed by atoms with Crippen LogP contribution >= 0.6 is 0 Å². The minimum absolute atomic E-state index is 0.118. The molecule has 0 saturated carbocycles. The van der Waals surface area contributed by atoms with Crippen molar-refractivity contribution in [1.29, 1.82) is 0 Å². The van der Waals surface area contributed by atoms with Crippen LogP contribution in [0, 0.1) is 12.8 Å². The standard InChI is InChI=1S/C20H27N3O/c1-5-16-8-6-7-15(4)19(16)23-17-9-10-18(22-13-17)20(24)21-12-11-14(2)3/h6-10,13-14,23H,5,11-12H2,1-4H3,(H,21,24). The summed E-state index contributed by atoms with van der Waals surface area (Å²) in [5.41, 5.74) is 4.92. The topological polar surface area (TPSA) is 54.0 Å². The molecule has 0 aliphatic heterocycles. The SMILES string of the molecule is CCc1cccc(C)c1Nc1ccc(C(=O)NCCC(C)C)nc1. The number of aromatic nitrogens is 1. The van der Waals surface area contributed by atoms with E-state index in [2.05, 4.69) is 61.5 Å². The summed E-state index contributed by atoms with van der Waals surface area (Å²) in [6.07, 6.45) is 3.65. The van der Waals surface area contributed by atoms with Crippen LogP contribution in [0.25, 0.3) is 0 Å². The van der Waals surface area contributed by atoms with Gasteiger partial charge in [-0.25, -0.2) is 4.98 Å². The van der Waals surface area contributed by atoms with Gasteiger partial charge in [0.2, 0.25) is 0 Å². The van der Waals surface area contributed by atoms with Crippen molar-refractivity contribution in [3.8, 4) is 0 Å². The highest BCUT2D eigenvalue weighted by Crippen LogP contribution is 2.25.